The number of methoxy groups -OCH3 is 1. The molecule has 0 aliphatic heterocycles. The van der Waals surface area contributed by atoms with Gasteiger partial charge in [0.1, 0.15) is 6.04 Å². The highest BCUT2D eigenvalue weighted by Crippen LogP contribution is 2.04. The number of carbonyl (C=O) groups excluding carboxylic acids is 1. The summed E-state index contributed by atoms with van der Waals surface area (Å²) in [6.45, 7) is 4.74. The Morgan fingerprint density at radius 3 is 2.82 bits per heavy atom. The van der Waals surface area contributed by atoms with Crippen LogP contribution in [-0.4, -0.2) is 30.6 Å². The van der Waals surface area contributed by atoms with Gasteiger partial charge in [0.05, 0.1) is 7.11 Å². The van der Waals surface area contributed by atoms with Crippen LogP contribution < -0.4 is 5.32 Å². The van der Waals surface area contributed by atoms with Crippen molar-refractivity contribution in [3.8, 4) is 0 Å². The smallest absolute Gasteiger partial charge is 0.323 e. The van der Waals surface area contributed by atoms with Crippen molar-refractivity contribution in [2.45, 2.75) is 26.3 Å². The molecule has 0 amide bonds. The van der Waals surface area contributed by atoms with Gasteiger partial charge in [-0.3, -0.25) is 9.78 Å². The lowest BCUT2D eigenvalue weighted by Gasteiger charge is -2.19. The van der Waals surface area contributed by atoms with Gasteiger partial charge >= 0.3 is 5.97 Å². The molecule has 1 atom stereocenters. The fourth-order valence-corrected chi connectivity index (χ4v) is 1.64. The fourth-order valence-electron chi connectivity index (χ4n) is 1.64. The molecule has 0 aliphatic rings. The molecule has 0 bridgehead atoms. The molecule has 1 unspecified atom stereocenters. The summed E-state index contributed by atoms with van der Waals surface area (Å²) in [4.78, 5) is 15.5. The topological polar surface area (TPSA) is 51.2 Å². The minimum absolute atomic E-state index is 0.203. The first-order valence-corrected chi connectivity index (χ1v) is 5.85. The third-order valence-corrected chi connectivity index (χ3v) is 2.62. The number of carbonyl (C=O) groups is 1. The number of hydrogen-bond acceptors (Lipinski definition) is 4. The summed E-state index contributed by atoms with van der Waals surface area (Å²) < 4.78 is 4.76. The number of pyridine rings is 1. The summed E-state index contributed by atoms with van der Waals surface area (Å²) in [5.74, 6) is 0.0162. The summed E-state index contributed by atoms with van der Waals surface area (Å²) in [7, 11) is 1.42. The van der Waals surface area contributed by atoms with Gasteiger partial charge < -0.3 is 10.1 Å². The molecule has 1 aromatic rings. The van der Waals surface area contributed by atoms with E-state index in [0.717, 1.165) is 18.5 Å². The maximum atomic E-state index is 11.5. The van der Waals surface area contributed by atoms with Crippen molar-refractivity contribution in [3.05, 3.63) is 30.1 Å². The molecule has 0 aromatic carbocycles. The number of hydrogen-bond donors (Lipinski definition) is 1. The van der Waals surface area contributed by atoms with E-state index < -0.39 is 0 Å². The van der Waals surface area contributed by atoms with Crippen molar-refractivity contribution >= 4 is 5.97 Å². The molecule has 0 aliphatic carbocycles. The lowest BCUT2D eigenvalue weighted by atomic mass is 10.0. The maximum Gasteiger partial charge on any atom is 0.323 e. The highest BCUT2D eigenvalue weighted by molar-refractivity contribution is 5.75. The molecule has 94 valence electrons. The number of ether oxygens (including phenoxy) is 1. The van der Waals surface area contributed by atoms with Crippen LogP contribution in [0.3, 0.4) is 0 Å². The van der Waals surface area contributed by atoms with E-state index in [-0.39, 0.29) is 17.9 Å². The highest BCUT2D eigenvalue weighted by atomic mass is 16.5. The van der Waals surface area contributed by atoms with E-state index in [0.29, 0.717) is 0 Å². The monoisotopic (exact) mass is 236 g/mol. The Kier molecular flexibility index (Phi) is 5.63. The second kappa shape index (κ2) is 7.01. The number of rotatable bonds is 6. The van der Waals surface area contributed by atoms with Gasteiger partial charge in [-0.1, -0.05) is 19.9 Å². The lowest BCUT2D eigenvalue weighted by molar-refractivity contribution is -0.144. The number of esters is 1. The van der Waals surface area contributed by atoms with E-state index in [1.165, 1.54) is 7.11 Å². The van der Waals surface area contributed by atoms with Crippen LogP contribution >= 0.6 is 0 Å². The maximum absolute atomic E-state index is 11.5. The van der Waals surface area contributed by atoms with Crippen molar-refractivity contribution in [2.24, 2.45) is 5.92 Å². The molecule has 1 N–H and O–H groups in total. The SMILES string of the molecule is COC(=O)C(NCCc1cccnc1)C(C)C. The summed E-state index contributed by atoms with van der Waals surface area (Å²) in [6.07, 6.45) is 4.44. The molecule has 4 nitrogen and oxygen atoms in total. The Labute approximate surface area is 102 Å². The Bertz CT molecular complexity index is 339. The first-order chi connectivity index (χ1) is 8.15. The van der Waals surface area contributed by atoms with Gasteiger partial charge in [-0.25, -0.2) is 0 Å². The Morgan fingerprint density at radius 1 is 1.53 bits per heavy atom. The molecule has 4 heteroatoms. The normalized spacial score (nSPS) is 12.5. The second-order valence-corrected chi connectivity index (χ2v) is 4.31. The zero-order valence-electron chi connectivity index (χ0n) is 10.6. The van der Waals surface area contributed by atoms with Gasteiger partial charge in [-0.2, -0.15) is 0 Å². The van der Waals surface area contributed by atoms with Crippen LogP contribution in [0.4, 0.5) is 0 Å². The number of nitrogens with zero attached hydrogens (tertiary/aromatic N) is 1. The molecule has 0 saturated carbocycles. The Balaban J connectivity index is 2.40. The van der Waals surface area contributed by atoms with Crippen LogP contribution in [0.15, 0.2) is 24.5 Å². The van der Waals surface area contributed by atoms with Crippen LogP contribution in [0.1, 0.15) is 19.4 Å². The van der Waals surface area contributed by atoms with Crippen molar-refractivity contribution in [1.82, 2.24) is 10.3 Å². The van der Waals surface area contributed by atoms with Gasteiger partial charge in [0.2, 0.25) is 0 Å². The van der Waals surface area contributed by atoms with Crippen LogP contribution in [0.2, 0.25) is 0 Å². The van der Waals surface area contributed by atoms with Crippen LogP contribution in [-0.2, 0) is 16.0 Å². The second-order valence-electron chi connectivity index (χ2n) is 4.31. The van der Waals surface area contributed by atoms with Crippen LogP contribution in [0, 0.1) is 5.92 Å². The van der Waals surface area contributed by atoms with E-state index in [1.807, 2.05) is 32.2 Å². The van der Waals surface area contributed by atoms with Crippen molar-refractivity contribution in [2.75, 3.05) is 13.7 Å². The minimum Gasteiger partial charge on any atom is -0.468 e. The average Bonchev–Trinajstić information content (AvgIpc) is 2.34. The number of nitrogens with one attached hydrogen (secondary N) is 1. The molecule has 0 saturated heterocycles. The fraction of sp³-hybridized carbons (Fsp3) is 0.538. The van der Waals surface area contributed by atoms with Gasteiger partial charge in [-0.15, -0.1) is 0 Å². The summed E-state index contributed by atoms with van der Waals surface area (Å²) >= 11 is 0. The van der Waals surface area contributed by atoms with E-state index in [1.54, 1.807) is 6.20 Å². The first-order valence-electron chi connectivity index (χ1n) is 5.85. The standard InChI is InChI=1S/C13H20N2O2/c1-10(2)12(13(16)17-3)15-8-6-11-5-4-7-14-9-11/h4-5,7,9-10,12,15H,6,8H2,1-3H3. The highest BCUT2D eigenvalue weighted by Gasteiger charge is 2.21. The summed E-state index contributed by atoms with van der Waals surface area (Å²) in [6, 6.07) is 3.70. The molecule has 1 rings (SSSR count). The molecule has 1 aromatic heterocycles. The van der Waals surface area contributed by atoms with Crippen molar-refractivity contribution < 1.29 is 9.53 Å². The zero-order valence-corrected chi connectivity index (χ0v) is 10.6. The molecule has 0 spiro atoms. The minimum atomic E-state index is -0.239. The van der Waals surface area contributed by atoms with Gasteiger partial charge in [-0.05, 0) is 24.0 Å². The van der Waals surface area contributed by atoms with E-state index in [4.69, 9.17) is 4.74 Å². The third-order valence-electron chi connectivity index (χ3n) is 2.62. The summed E-state index contributed by atoms with van der Waals surface area (Å²) in [5.41, 5.74) is 1.16. The molecule has 17 heavy (non-hydrogen) atoms. The molecular weight excluding hydrogens is 216 g/mol. The molecule has 0 radical (unpaired) electrons. The van der Waals surface area contributed by atoms with Gasteiger partial charge in [0, 0.05) is 18.9 Å². The van der Waals surface area contributed by atoms with Crippen molar-refractivity contribution in [1.29, 1.82) is 0 Å². The molecule has 1 heterocycles. The largest absolute Gasteiger partial charge is 0.468 e. The van der Waals surface area contributed by atoms with Crippen LogP contribution in [0.25, 0.3) is 0 Å². The van der Waals surface area contributed by atoms with E-state index >= 15 is 0 Å². The van der Waals surface area contributed by atoms with Gasteiger partial charge in [0.15, 0.2) is 0 Å². The number of aromatic nitrogens is 1. The predicted octanol–water partition coefficient (Wildman–Crippen LogP) is 1.41. The lowest BCUT2D eigenvalue weighted by Crippen LogP contribution is -2.42. The van der Waals surface area contributed by atoms with Gasteiger partial charge in [0.25, 0.3) is 0 Å². The quantitative estimate of drug-likeness (QED) is 0.759. The predicted molar refractivity (Wildman–Crippen MR) is 66.6 cm³/mol. The molecule has 0 fully saturated rings. The average molecular weight is 236 g/mol. The van der Waals surface area contributed by atoms with Crippen LogP contribution in [0.5, 0.6) is 0 Å². The molecular formula is C13H20N2O2. The zero-order chi connectivity index (χ0) is 12.7. The Hall–Kier alpha value is -1.42. The third kappa shape index (κ3) is 4.53. The van der Waals surface area contributed by atoms with Crippen molar-refractivity contribution in [3.63, 3.8) is 0 Å². The Morgan fingerprint density at radius 2 is 2.29 bits per heavy atom. The van der Waals surface area contributed by atoms with E-state index in [9.17, 15) is 4.79 Å². The summed E-state index contributed by atoms with van der Waals surface area (Å²) in [5, 5.41) is 3.22. The first kappa shape index (κ1) is 13.6. The van der Waals surface area contributed by atoms with E-state index in [2.05, 4.69) is 10.3 Å².